The van der Waals surface area contributed by atoms with Crippen molar-refractivity contribution in [3.63, 3.8) is 0 Å². The first kappa shape index (κ1) is 21.1. The summed E-state index contributed by atoms with van der Waals surface area (Å²) in [5, 5.41) is 5.90. The van der Waals surface area contributed by atoms with E-state index < -0.39 is 23.7 Å². The van der Waals surface area contributed by atoms with Crippen molar-refractivity contribution in [2.24, 2.45) is 5.11 Å². The summed E-state index contributed by atoms with van der Waals surface area (Å²) in [7, 11) is 1.26. The molecule has 1 N–H and O–H groups in total. The minimum Gasteiger partial charge on any atom is -0.493 e. The molecule has 9 nitrogen and oxygen atoms in total. The third kappa shape index (κ3) is 8.25. The molecule has 0 aromatic heterocycles. The van der Waals surface area contributed by atoms with Crippen molar-refractivity contribution in [2.75, 3.05) is 20.3 Å². The van der Waals surface area contributed by atoms with Gasteiger partial charge in [0, 0.05) is 11.3 Å². The quantitative estimate of drug-likeness (QED) is 0.250. The number of amides is 1. The van der Waals surface area contributed by atoms with Gasteiger partial charge in [-0.1, -0.05) is 17.2 Å². The molecule has 142 valence electrons. The number of methoxy groups -OCH3 is 1. The van der Waals surface area contributed by atoms with E-state index in [1.54, 1.807) is 45.0 Å². The number of hydrogen-bond donors (Lipinski definition) is 1. The largest absolute Gasteiger partial charge is 0.493 e. The highest BCUT2D eigenvalue weighted by Gasteiger charge is 2.25. The molecule has 0 radical (unpaired) electrons. The minimum atomic E-state index is -0.869. The Labute approximate surface area is 152 Å². The summed E-state index contributed by atoms with van der Waals surface area (Å²) in [6.07, 6.45) is -0.448. The van der Waals surface area contributed by atoms with Crippen LogP contribution in [0.5, 0.6) is 5.75 Å². The lowest BCUT2D eigenvalue weighted by Crippen LogP contribution is -2.45. The highest BCUT2D eigenvalue weighted by atomic mass is 16.6. The summed E-state index contributed by atoms with van der Waals surface area (Å²) < 4.78 is 15.3. The van der Waals surface area contributed by atoms with Gasteiger partial charge in [-0.3, -0.25) is 0 Å². The molecule has 0 aliphatic carbocycles. The Morgan fingerprint density at radius 2 is 1.92 bits per heavy atom. The summed E-state index contributed by atoms with van der Waals surface area (Å²) in [4.78, 5) is 26.5. The first-order valence-electron chi connectivity index (χ1n) is 8.05. The molecule has 0 aliphatic rings. The van der Waals surface area contributed by atoms with Crippen molar-refractivity contribution in [2.45, 2.75) is 38.8 Å². The van der Waals surface area contributed by atoms with Crippen molar-refractivity contribution in [3.8, 4) is 5.75 Å². The molecule has 26 heavy (non-hydrogen) atoms. The lowest BCUT2D eigenvalue weighted by atomic mass is 10.1. The van der Waals surface area contributed by atoms with Crippen LogP contribution in [0.25, 0.3) is 10.4 Å². The SMILES string of the molecule is COC(=O)C(Cc1ccc(OCCN=[N+]=[N-])cc1)NC(=O)OC(C)(C)C. The summed E-state index contributed by atoms with van der Waals surface area (Å²) in [6.45, 7) is 5.72. The van der Waals surface area contributed by atoms with Crippen molar-refractivity contribution < 1.29 is 23.8 Å². The number of rotatable bonds is 8. The first-order valence-corrected chi connectivity index (χ1v) is 8.05. The Kier molecular flexibility index (Phi) is 8.24. The molecule has 1 aromatic carbocycles. The van der Waals surface area contributed by atoms with E-state index in [0.29, 0.717) is 5.75 Å². The molecule has 0 aliphatic heterocycles. The molecule has 0 heterocycles. The van der Waals surface area contributed by atoms with Crippen molar-refractivity contribution in [1.29, 1.82) is 0 Å². The second kappa shape index (κ2) is 10.1. The van der Waals surface area contributed by atoms with Crippen molar-refractivity contribution in [1.82, 2.24) is 5.32 Å². The number of nitrogens with zero attached hydrogens (tertiary/aromatic N) is 3. The number of carbonyl (C=O) groups is 2. The van der Waals surface area contributed by atoms with Gasteiger partial charge in [0.15, 0.2) is 0 Å². The summed E-state index contributed by atoms with van der Waals surface area (Å²) in [5.41, 5.74) is 8.34. The van der Waals surface area contributed by atoms with Crippen LogP contribution in [0.3, 0.4) is 0 Å². The average molecular weight is 364 g/mol. The minimum absolute atomic E-state index is 0.239. The van der Waals surface area contributed by atoms with Gasteiger partial charge in [-0.2, -0.15) is 0 Å². The zero-order valence-electron chi connectivity index (χ0n) is 15.4. The van der Waals surface area contributed by atoms with E-state index in [9.17, 15) is 9.59 Å². The van der Waals surface area contributed by atoms with E-state index in [1.807, 2.05) is 0 Å². The Morgan fingerprint density at radius 1 is 1.27 bits per heavy atom. The maximum atomic E-state index is 11.9. The van der Waals surface area contributed by atoms with Gasteiger partial charge in [0.25, 0.3) is 0 Å². The highest BCUT2D eigenvalue weighted by Crippen LogP contribution is 2.14. The molecule has 0 saturated carbocycles. The van der Waals surface area contributed by atoms with Gasteiger partial charge >= 0.3 is 12.1 Å². The molecule has 0 bridgehead atoms. The van der Waals surface area contributed by atoms with Crippen molar-refractivity contribution >= 4 is 12.1 Å². The van der Waals surface area contributed by atoms with Crippen LogP contribution in [0.4, 0.5) is 4.79 Å². The maximum absolute atomic E-state index is 11.9. The van der Waals surface area contributed by atoms with Gasteiger partial charge in [-0.15, -0.1) is 0 Å². The zero-order valence-corrected chi connectivity index (χ0v) is 15.4. The molecule has 1 unspecified atom stereocenters. The fraction of sp³-hybridized carbons (Fsp3) is 0.529. The van der Waals surface area contributed by atoms with E-state index in [-0.39, 0.29) is 19.6 Å². The molecule has 0 fully saturated rings. The molecule has 1 atom stereocenters. The zero-order chi connectivity index (χ0) is 19.6. The van der Waals surface area contributed by atoms with E-state index in [2.05, 4.69) is 15.3 Å². The number of hydrogen-bond acceptors (Lipinski definition) is 6. The fourth-order valence-electron chi connectivity index (χ4n) is 1.99. The number of ether oxygens (including phenoxy) is 3. The fourth-order valence-corrected chi connectivity index (χ4v) is 1.99. The molecule has 1 aromatic rings. The average Bonchev–Trinajstić information content (AvgIpc) is 2.57. The van der Waals surface area contributed by atoms with Crippen LogP contribution in [0, 0.1) is 0 Å². The summed E-state index contributed by atoms with van der Waals surface area (Å²) >= 11 is 0. The van der Waals surface area contributed by atoms with Gasteiger partial charge < -0.3 is 19.5 Å². The van der Waals surface area contributed by atoms with E-state index in [4.69, 9.17) is 19.7 Å². The first-order chi connectivity index (χ1) is 12.2. The molecule has 0 spiro atoms. The number of nitrogens with one attached hydrogen (secondary N) is 1. The number of carbonyl (C=O) groups excluding carboxylic acids is 2. The number of esters is 1. The van der Waals surface area contributed by atoms with E-state index in [0.717, 1.165) is 5.56 Å². The van der Waals surface area contributed by atoms with Crippen LogP contribution in [-0.4, -0.2) is 44.0 Å². The normalized spacial score (nSPS) is 11.7. The molecule has 0 saturated heterocycles. The van der Waals surface area contributed by atoms with Crippen LogP contribution in [0.2, 0.25) is 0 Å². The topological polar surface area (TPSA) is 123 Å². The van der Waals surface area contributed by atoms with Gasteiger partial charge in [0.05, 0.1) is 20.3 Å². The molecular formula is C17H24N4O5. The second-order valence-corrected chi connectivity index (χ2v) is 6.37. The van der Waals surface area contributed by atoms with Crippen LogP contribution in [0.1, 0.15) is 26.3 Å². The number of alkyl carbamates (subject to hydrolysis) is 1. The van der Waals surface area contributed by atoms with Gasteiger partial charge in [0.2, 0.25) is 0 Å². The smallest absolute Gasteiger partial charge is 0.408 e. The number of benzene rings is 1. The van der Waals surface area contributed by atoms with Crippen LogP contribution < -0.4 is 10.1 Å². The van der Waals surface area contributed by atoms with E-state index in [1.165, 1.54) is 7.11 Å². The molecule has 1 amide bonds. The molecule has 9 heteroatoms. The lowest BCUT2D eigenvalue weighted by Gasteiger charge is -2.22. The lowest BCUT2D eigenvalue weighted by molar-refractivity contribution is -0.143. The Balaban J connectivity index is 2.68. The van der Waals surface area contributed by atoms with Gasteiger partial charge in [0.1, 0.15) is 17.4 Å². The summed E-state index contributed by atoms with van der Waals surface area (Å²) in [5.74, 6) is 0.0437. The Bertz CT molecular complexity index is 648. The standard InChI is InChI=1S/C17H24N4O5/c1-17(2,3)26-16(23)20-14(15(22)24-4)11-12-5-7-13(8-6-12)25-10-9-19-21-18/h5-8,14H,9-11H2,1-4H3,(H,20,23). The predicted molar refractivity (Wildman–Crippen MR) is 94.8 cm³/mol. The van der Waals surface area contributed by atoms with Gasteiger partial charge in [-0.05, 0) is 44.0 Å². The monoisotopic (exact) mass is 364 g/mol. The Hall–Kier alpha value is -2.93. The summed E-state index contributed by atoms with van der Waals surface area (Å²) in [6, 6.07) is 6.14. The van der Waals surface area contributed by atoms with Gasteiger partial charge in [-0.25, -0.2) is 9.59 Å². The van der Waals surface area contributed by atoms with Crippen LogP contribution in [0.15, 0.2) is 29.4 Å². The third-order valence-electron chi connectivity index (χ3n) is 3.06. The maximum Gasteiger partial charge on any atom is 0.408 e. The third-order valence-corrected chi connectivity index (χ3v) is 3.06. The van der Waals surface area contributed by atoms with E-state index >= 15 is 0 Å². The Morgan fingerprint density at radius 3 is 2.46 bits per heavy atom. The highest BCUT2D eigenvalue weighted by molar-refractivity contribution is 5.81. The predicted octanol–water partition coefficient (Wildman–Crippen LogP) is 2.98. The van der Waals surface area contributed by atoms with Crippen LogP contribution in [-0.2, 0) is 20.7 Å². The molecule has 1 rings (SSSR count). The number of azide groups is 1. The van der Waals surface area contributed by atoms with Crippen LogP contribution >= 0.6 is 0 Å². The van der Waals surface area contributed by atoms with Crippen molar-refractivity contribution in [3.05, 3.63) is 40.3 Å². The second-order valence-electron chi connectivity index (χ2n) is 6.37. The molecular weight excluding hydrogens is 340 g/mol.